The molecule has 0 aliphatic rings. The predicted octanol–water partition coefficient (Wildman–Crippen LogP) is 3.62. The van der Waals surface area contributed by atoms with Gasteiger partial charge in [-0.3, -0.25) is 14.9 Å². The van der Waals surface area contributed by atoms with E-state index in [0.717, 1.165) is 11.1 Å². The van der Waals surface area contributed by atoms with Crippen LogP contribution >= 0.6 is 0 Å². The Bertz CT molecular complexity index is 944. The van der Waals surface area contributed by atoms with Crippen LogP contribution in [-0.4, -0.2) is 15.8 Å². The molecule has 3 aromatic rings. The highest BCUT2D eigenvalue weighted by Crippen LogP contribution is 2.23. The van der Waals surface area contributed by atoms with Gasteiger partial charge in [-0.15, -0.1) is 0 Å². The van der Waals surface area contributed by atoms with Gasteiger partial charge in [0.2, 0.25) is 0 Å². The second kappa shape index (κ2) is 6.16. The molecular formula is C18H17N3O3. The predicted molar refractivity (Wildman–Crippen MR) is 92.0 cm³/mol. The van der Waals surface area contributed by atoms with Crippen LogP contribution in [0.3, 0.4) is 0 Å². The Morgan fingerprint density at radius 2 is 2.00 bits per heavy atom. The van der Waals surface area contributed by atoms with Gasteiger partial charge >= 0.3 is 0 Å². The zero-order chi connectivity index (χ0) is 17.3. The van der Waals surface area contributed by atoms with Gasteiger partial charge < -0.3 is 10.3 Å². The van der Waals surface area contributed by atoms with Crippen LogP contribution in [0.2, 0.25) is 0 Å². The van der Waals surface area contributed by atoms with Gasteiger partial charge in [0.25, 0.3) is 11.6 Å². The fourth-order valence-electron chi connectivity index (χ4n) is 2.72. The first-order chi connectivity index (χ1) is 11.5. The minimum atomic E-state index is -0.468. The van der Waals surface area contributed by atoms with E-state index in [1.54, 1.807) is 12.3 Å². The summed E-state index contributed by atoms with van der Waals surface area (Å²) in [6.45, 7) is 4.43. The van der Waals surface area contributed by atoms with Gasteiger partial charge in [-0.25, -0.2) is 0 Å². The minimum absolute atomic E-state index is 0.0365. The van der Waals surface area contributed by atoms with Crippen molar-refractivity contribution < 1.29 is 9.72 Å². The molecule has 2 aromatic carbocycles. The van der Waals surface area contributed by atoms with Gasteiger partial charge in [-0.05, 0) is 31.0 Å². The number of amides is 1. The molecule has 0 atom stereocenters. The summed E-state index contributed by atoms with van der Waals surface area (Å²) in [6.07, 6.45) is 1.58. The smallest absolute Gasteiger partial charge is 0.270 e. The standard InChI is InChI=1S/C18H17N3O3/c1-11-3-4-13(12(2)7-11)9-20-18(22)16-10-19-17-6-5-14(21(23)24)8-15(16)17/h3-8,10,19H,9H2,1-2H3,(H,20,22). The Balaban J connectivity index is 1.83. The first-order valence-electron chi connectivity index (χ1n) is 7.55. The molecule has 0 unspecified atom stereocenters. The van der Waals surface area contributed by atoms with Crippen molar-refractivity contribution in [2.24, 2.45) is 0 Å². The number of hydrogen-bond acceptors (Lipinski definition) is 3. The lowest BCUT2D eigenvalue weighted by Gasteiger charge is -2.08. The van der Waals surface area contributed by atoms with Crippen LogP contribution in [0.15, 0.2) is 42.6 Å². The number of nitrogens with one attached hydrogen (secondary N) is 2. The molecule has 0 radical (unpaired) electrons. The maximum absolute atomic E-state index is 12.5. The van der Waals surface area contributed by atoms with E-state index in [9.17, 15) is 14.9 Å². The van der Waals surface area contributed by atoms with Gasteiger partial charge in [0.05, 0.1) is 10.5 Å². The number of hydrogen-bond donors (Lipinski definition) is 2. The number of H-pyrrole nitrogens is 1. The maximum atomic E-state index is 12.5. The van der Waals surface area contributed by atoms with Crippen molar-refractivity contribution in [1.82, 2.24) is 10.3 Å². The van der Waals surface area contributed by atoms with Crippen LogP contribution in [-0.2, 0) is 6.54 Å². The third kappa shape index (κ3) is 2.99. The van der Waals surface area contributed by atoms with Gasteiger partial charge in [0.1, 0.15) is 0 Å². The number of benzene rings is 2. The van der Waals surface area contributed by atoms with Crippen LogP contribution in [0.1, 0.15) is 27.0 Å². The molecule has 1 aromatic heterocycles. The zero-order valence-corrected chi connectivity index (χ0v) is 13.4. The molecule has 6 heteroatoms. The van der Waals surface area contributed by atoms with Crippen molar-refractivity contribution in [3.05, 3.63) is 75.0 Å². The Kier molecular flexibility index (Phi) is 4.04. The zero-order valence-electron chi connectivity index (χ0n) is 13.4. The number of aryl methyl sites for hydroxylation is 2. The Morgan fingerprint density at radius 3 is 2.71 bits per heavy atom. The number of aromatic amines is 1. The summed E-state index contributed by atoms with van der Waals surface area (Å²) in [6, 6.07) is 10.5. The van der Waals surface area contributed by atoms with Crippen molar-refractivity contribution in [2.45, 2.75) is 20.4 Å². The first kappa shape index (κ1) is 15.7. The molecule has 1 amide bonds. The average molecular weight is 323 g/mol. The second-order valence-corrected chi connectivity index (χ2v) is 5.80. The van der Waals surface area contributed by atoms with Crippen LogP contribution in [0, 0.1) is 24.0 Å². The Morgan fingerprint density at radius 1 is 1.21 bits per heavy atom. The summed E-state index contributed by atoms with van der Waals surface area (Å²) >= 11 is 0. The SMILES string of the molecule is Cc1ccc(CNC(=O)c2c[nH]c3ccc([N+](=O)[O-])cc23)c(C)c1. The number of nitro groups is 1. The van der Waals surface area contributed by atoms with Gasteiger partial charge in [0.15, 0.2) is 0 Å². The quantitative estimate of drug-likeness (QED) is 0.568. The first-order valence-corrected chi connectivity index (χ1v) is 7.55. The molecule has 2 N–H and O–H groups in total. The largest absolute Gasteiger partial charge is 0.360 e. The Labute approximate surface area is 138 Å². The Hall–Kier alpha value is -3.15. The fourth-order valence-corrected chi connectivity index (χ4v) is 2.72. The normalized spacial score (nSPS) is 10.8. The number of nitro benzene ring substituents is 1. The summed E-state index contributed by atoms with van der Waals surface area (Å²) in [5, 5.41) is 14.3. The average Bonchev–Trinajstić information content (AvgIpc) is 2.96. The monoisotopic (exact) mass is 323 g/mol. The molecule has 0 saturated heterocycles. The van der Waals surface area contributed by atoms with Gasteiger partial charge in [-0.2, -0.15) is 0 Å². The van der Waals surface area contributed by atoms with Crippen molar-refractivity contribution in [3.8, 4) is 0 Å². The minimum Gasteiger partial charge on any atom is -0.360 e. The molecule has 122 valence electrons. The highest BCUT2D eigenvalue weighted by molar-refractivity contribution is 6.07. The molecule has 0 bridgehead atoms. The molecule has 24 heavy (non-hydrogen) atoms. The molecule has 0 fully saturated rings. The third-order valence-electron chi connectivity index (χ3n) is 4.06. The fraction of sp³-hybridized carbons (Fsp3) is 0.167. The highest BCUT2D eigenvalue weighted by Gasteiger charge is 2.15. The lowest BCUT2D eigenvalue weighted by Crippen LogP contribution is -2.23. The lowest BCUT2D eigenvalue weighted by atomic mass is 10.1. The number of nitrogens with zero attached hydrogens (tertiary/aromatic N) is 1. The van der Waals surface area contributed by atoms with E-state index in [0.29, 0.717) is 23.0 Å². The molecule has 1 heterocycles. The van der Waals surface area contributed by atoms with Gasteiger partial charge in [0, 0.05) is 35.8 Å². The van der Waals surface area contributed by atoms with Crippen molar-refractivity contribution in [3.63, 3.8) is 0 Å². The summed E-state index contributed by atoms with van der Waals surface area (Å²) < 4.78 is 0. The highest BCUT2D eigenvalue weighted by atomic mass is 16.6. The molecule has 0 saturated carbocycles. The lowest BCUT2D eigenvalue weighted by molar-refractivity contribution is -0.384. The molecule has 6 nitrogen and oxygen atoms in total. The second-order valence-electron chi connectivity index (χ2n) is 5.80. The van der Waals surface area contributed by atoms with E-state index in [1.165, 1.54) is 17.7 Å². The van der Waals surface area contributed by atoms with E-state index in [2.05, 4.69) is 16.4 Å². The number of rotatable bonds is 4. The van der Waals surface area contributed by atoms with Crippen LogP contribution in [0.25, 0.3) is 10.9 Å². The number of carbonyl (C=O) groups is 1. The van der Waals surface area contributed by atoms with Crippen LogP contribution in [0.5, 0.6) is 0 Å². The molecular weight excluding hydrogens is 306 g/mol. The molecule has 0 aliphatic carbocycles. The maximum Gasteiger partial charge on any atom is 0.270 e. The van der Waals surface area contributed by atoms with E-state index in [4.69, 9.17) is 0 Å². The van der Waals surface area contributed by atoms with E-state index < -0.39 is 4.92 Å². The van der Waals surface area contributed by atoms with Gasteiger partial charge in [-0.1, -0.05) is 23.8 Å². The summed E-state index contributed by atoms with van der Waals surface area (Å²) in [5.74, 6) is -0.262. The van der Waals surface area contributed by atoms with Crippen molar-refractivity contribution in [2.75, 3.05) is 0 Å². The van der Waals surface area contributed by atoms with E-state index in [-0.39, 0.29) is 11.6 Å². The summed E-state index contributed by atoms with van der Waals surface area (Å²) in [4.78, 5) is 25.9. The van der Waals surface area contributed by atoms with Crippen LogP contribution in [0.4, 0.5) is 5.69 Å². The number of fused-ring (bicyclic) bond motifs is 1. The topological polar surface area (TPSA) is 88.0 Å². The van der Waals surface area contributed by atoms with E-state index >= 15 is 0 Å². The summed E-state index contributed by atoms with van der Waals surface area (Å²) in [7, 11) is 0. The molecule has 0 aliphatic heterocycles. The molecule has 3 rings (SSSR count). The number of carbonyl (C=O) groups excluding carboxylic acids is 1. The summed E-state index contributed by atoms with van der Waals surface area (Å²) in [5.41, 5.74) is 4.39. The molecule has 0 spiro atoms. The van der Waals surface area contributed by atoms with Crippen molar-refractivity contribution in [1.29, 1.82) is 0 Å². The number of aromatic nitrogens is 1. The number of non-ortho nitro benzene ring substituents is 1. The van der Waals surface area contributed by atoms with Crippen molar-refractivity contribution >= 4 is 22.5 Å². The third-order valence-corrected chi connectivity index (χ3v) is 4.06. The van der Waals surface area contributed by atoms with E-state index in [1.807, 2.05) is 26.0 Å². The van der Waals surface area contributed by atoms with Crippen LogP contribution < -0.4 is 5.32 Å².